The predicted molar refractivity (Wildman–Crippen MR) is 116 cm³/mol. The second kappa shape index (κ2) is 10.2. The van der Waals surface area contributed by atoms with Crippen molar-refractivity contribution in [2.75, 3.05) is 19.0 Å². The quantitative estimate of drug-likeness (QED) is 0.414. The molecule has 0 atom stereocenters. The van der Waals surface area contributed by atoms with Crippen molar-refractivity contribution in [1.82, 2.24) is 0 Å². The molecule has 3 aromatic rings. The molecule has 29 heavy (non-hydrogen) atoms. The maximum Gasteiger partial charge on any atom is 0.175 e. The number of methoxy groups -OCH3 is 1. The van der Waals surface area contributed by atoms with Gasteiger partial charge in [-0.3, -0.25) is 0 Å². The zero-order valence-electron chi connectivity index (χ0n) is 16.4. The molecule has 0 unspecified atom stereocenters. The minimum atomic E-state index is -0.282. The Labute approximate surface area is 178 Å². The summed E-state index contributed by atoms with van der Waals surface area (Å²) in [5, 5.41) is 3.38. The number of hydrogen-bond acceptors (Lipinski definition) is 4. The van der Waals surface area contributed by atoms with Gasteiger partial charge in [-0.2, -0.15) is 0 Å². The van der Waals surface area contributed by atoms with Crippen molar-refractivity contribution < 1.29 is 18.6 Å². The zero-order chi connectivity index (χ0) is 20.6. The highest BCUT2D eigenvalue weighted by molar-refractivity contribution is 9.10. The topological polar surface area (TPSA) is 39.7 Å². The molecule has 0 aliphatic heterocycles. The normalized spacial score (nSPS) is 10.5. The highest BCUT2D eigenvalue weighted by atomic mass is 79.9. The number of halogens is 2. The van der Waals surface area contributed by atoms with Crippen LogP contribution in [0.15, 0.2) is 65.1 Å². The lowest BCUT2D eigenvalue weighted by atomic mass is 10.2. The molecule has 1 N–H and O–H groups in total. The number of nitrogens with one attached hydrogen (secondary N) is 1. The van der Waals surface area contributed by atoms with Crippen LogP contribution in [-0.2, 0) is 13.2 Å². The second-order valence-electron chi connectivity index (χ2n) is 6.34. The van der Waals surface area contributed by atoms with Crippen molar-refractivity contribution in [3.8, 4) is 17.2 Å². The van der Waals surface area contributed by atoms with Crippen LogP contribution in [0.25, 0.3) is 0 Å². The van der Waals surface area contributed by atoms with Crippen molar-refractivity contribution in [2.24, 2.45) is 0 Å². The molecule has 3 aromatic carbocycles. The highest BCUT2D eigenvalue weighted by Crippen LogP contribution is 2.37. The molecule has 0 fully saturated rings. The smallest absolute Gasteiger partial charge is 0.175 e. The number of anilines is 1. The Morgan fingerprint density at radius 1 is 0.966 bits per heavy atom. The van der Waals surface area contributed by atoms with E-state index in [0.29, 0.717) is 24.7 Å². The van der Waals surface area contributed by atoms with Crippen molar-refractivity contribution in [3.63, 3.8) is 0 Å². The Balaban J connectivity index is 1.72. The summed E-state index contributed by atoms with van der Waals surface area (Å²) in [7, 11) is 1.65. The average molecular weight is 460 g/mol. The summed E-state index contributed by atoms with van der Waals surface area (Å²) >= 11 is 3.58. The Kier molecular flexibility index (Phi) is 7.36. The Hall–Kier alpha value is -2.73. The third-order valence-electron chi connectivity index (χ3n) is 4.23. The van der Waals surface area contributed by atoms with E-state index in [2.05, 4.69) is 21.2 Å². The molecule has 0 saturated carbocycles. The van der Waals surface area contributed by atoms with Crippen LogP contribution >= 0.6 is 15.9 Å². The van der Waals surface area contributed by atoms with Crippen molar-refractivity contribution in [2.45, 2.75) is 20.1 Å². The fraction of sp³-hybridized carbons (Fsp3) is 0.217. The molecule has 0 aliphatic rings. The van der Waals surface area contributed by atoms with Crippen LogP contribution in [0, 0.1) is 5.82 Å². The average Bonchev–Trinajstić information content (AvgIpc) is 2.72. The molecular formula is C23H23BrFNO3. The van der Waals surface area contributed by atoms with Gasteiger partial charge >= 0.3 is 0 Å². The Morgan fingerprint density at radius 2 is 1.76 bits per heavy atom. The molecule has 0 radical (unpaired) electrons. The first kappa shape index (κ1) is 21.0. The van der Waals surface area contributed by atoms with E-state index in [4.69, 9.17) is 14.2 Å². The van der Waals surface area contributed by atoms with Gasteiger partial charge in [0.25, 0.3) is 0 Å². The van der Waals surface area contributed by atoms with Gasteiger partial charge in [0.1, 0.15) is 18.2 Å². The predicted octanol–water partition coefficient (Wildman–Crippen LogP) is 6.19. The fourth-order valence-corrected chi connectivity index (χ4v) is 3.43. The molecular weight excluding hydrogens is 437 g/mol. The van der Waals surface area contributed by atoms with E-state index >= 15 is 0 Å². The van der Waals surface area contributed by atoms with Crippen LogP contribution in [0.4, 0.5) is 10.1 Å². The van der Waals surface area contributed by atoms with Gasteiger partial charge in [-0.1, -0.05) is 12.1 Å². The first-order valence-corrected chi connectivity index (χ1v) is 10.1. The van der Waals surface area contributed by atoms with Crippen LogP contribution in [0.5, 0.6) is 17.2 Å². The summed E-state index contributed by atoms with van der Waals surface area (Å²) in [6, 6.07) is 18.1. The number of rotatable bonds is 9. The maximum atomic E-state index is 13.4. The molecule has 0 heterocycles. The van der Waals surface area contributed by atoms with E-state index < -0.39 is 0 Å². The van der Waals surface area contributed by atoms with Gasteiger partial charge in [-0.25, -0.2) is 4.39 Å². The van der Waals surface area contributed by atoms with E-state index in [1.165, 1.54) is 12.1 Å². The van der Waals surface area contributed by atoms with E-state index in [-0.39, 0.29) is 12.4 Å². The molecule has 4 nitrogen and oxygen atoms in total. The lowest BCUT2D eigenvalue weighted by molar-refractivity contribution is 0.267. The van der Waals surface area contributed by atoms with Crippen molar-refractivity contribution in [1.29, 1.82) is 0 Å². The van der Waals surface area contributed by atoms with Crippen LogP contribution < -0.4 is 19.5 Å². The second-order valence-corrected chi connectivity index (χ2v) is 7.19. The molecule has 0 saturated heterocycles. The van der Waals surface area contributed by atoms with Gasteiger partial charge in [0.05, 0.1) is 18.2 Å². The van der Waals surface area contributed by atoms with Crippen LogP contribution in [0.3, 0.4) is 0 Å². The minimum absolute atomic E-state index is 0.250. The third kappa shape index (κ3) is 5.87. The van der Waals surface area contributed by atoms with Gasteiger partial charge < -0.3 is 19.5 Å². The molecule has 152 valence electrons. The van der Waals surface area contributed by atoms with Crippen molar-refractivity contribution in [3.05, 3.63) is 82.1 Å². The zero-order valence-corrected chi connectivity index (χ0v) is 18.0. The lowest BCUT2D eigenvalue weighted by Gasteiger charge is -2.16. The fourth-order valence-electron chi connectivity index (χ4n) is 2.82. The van der Waals surface area contributed by atoms with Gasteiger partial charge in [0, 0.05) is 12.2 Å². The van der Waals surface area contributed by atoms with Crippen LogP contribution in [0.1, 0.15) is 18.1 Å². The van der Waals surface area contributed by atoms with Gasteiger partial charge in [0.2, 0.25) is 0 Å². The van der Waals surface area contributed by atoms with E-state index in [0.717, 1.165) is 27.0 Å². The molecule has 6 heteroatoms. The summed E-state index contributed by atoms with van der Waals surface area (Å²) in [6.07, 6.45) is 0. The van der Waals surface area contributed by atoms with E-state index in [1.807, 2.05) is 49.4 Å². The number of benzene rings is 3. The summed E-state index contributed by atoms with van der Waals surface area (Å²) in [4.78, 5) is 0. The summed E-state index contributed by atoms with van der Waals surface area (Å²) in [5.41, 5.74) is 2.78. The maximum absolute atomic E-state index is 13.4. The third-order valence-corrected chi connectivity index (χ3v) is 4.82. The van der Waals surface area contributed by atoms with Crippen LogP contribution in [0.2, 0.25) is 0 Å². The molecule has 3 rings (SSSR count). The lowest BCUT2D eigenvalue weighted by Crippen LogP contribution is -2.04. The monoisotopic (exact) mass is 459 g/mol. The van der Waals surface area contributed by atoms with Crippen molar-refractivity contribution >= 4 is 21.6 Å². The van der Waals surface area contributed by atoms with Crippen LogP contribution in [-0.4, -0.2) is 13.7 Å². The summed E-state index contributed by atoms with van der Waals surface area (Å²) in [5.74, 6) is 1.78. The Bertz CT molecular complexity index is 947. The summed E-state index contributed by atoms with van der Waals surface area (Å²) in [6.45, 7) is 3.31. The molecule has 0 bridgehead atoms. The van der Waals surface area contributed by atoms with Gasteiger partial charge in [-0.05, 0) is 82.5 Å². The largest absolute Gasteiger partial charge is 0.497 e. The Morgan fingerprint density at radius 3 is 2.45 bits per heavy atom. The number of hydrogen-bond donors (Lipinski definition) is 1. The van der Waals surface area contributed by atoms with Gasteiger partial charge in [0.15, 0.2) is 11.5 Å². The highest BCUT2D eigenvalue weighted by Gasteiger charge is 2.13. The molecule has 0 aromatic heterocycles. The van der Waals surface area contributed by atoms with Gasteiger partial charge in [-0.15, -0.1) is 0 Å². The van der Waals surface area contributed by atoms with E-state index in [9.17, 15) is 4.39 Å². The summed E-state index contributed by atoms with van der Waals surface area (Å²) < 4.78 is 31.1. The molecule has 0 amide bonds. The van der Waals surface area contributed by atoms with E-state index in [1.54, 1.807) is 13.2 Å². The minimum Gasteiger partial charge on any atom is -0.497 e. The molecule has 0 spiro atoms. The SMILES string of the molecule is CCOc1cc(CNc2ccc(OC)cc2)cc(Br)c1OCc1cccc(F)c1. The first-order valence-electron chi connectivity index (χ1n) is 9.29. The number of ether oxygens (including phenoxy) is 3. The molecule has 0 aliphatic carbocycles. The first-order chi connectivity index (χ1) is 14.1. The standard InChI is InChI=1S/C23H23BrFNO3/c1-3-28-22-13-17(14-26-19-7-9-20(27-2)10-8-19)12-21(24)23(22)29-15-16-5-4-6-18(25)11-16/h4-13,26H,3,14-15H2,1-2H3.